The van der Waals surface area contributed by atoms with Crippen LogP contribution in [0, 0.1) is 23.2 Å². The van der Waals surface area contributed by atoms with Crippen LogP contribution >= 0.6 is 0 Å². The molecule has 0 saturated carbocycles. The summed E-state index contributed by atoms with van der Waals surface area (Å²) in [4.78, 5) is 15.9. The van der Waals surface area contributed by atoms with Crippen molar-refractivity contribution in [1.29, 1.82) is 5.26 Å². The number of nitrogens with one attached hydrogen (secondary N) is 1. The van der Waals surface area contributed by atoms with Gasteiger partial charge in [0.25, 0.3) is 0 Å². The molecule has 0 fully saturated rings. The first-order chi connectivity index (χ1) is 12.5. The molecule has 1 aromatic carbocycles. The van der Waals surface area contributed by atoms with Crippen LogP contribution in [0.4, 0.5) is 5.82 Å². The maximum absolute atomic E-state index is 11.7. The standard InChI is InChI=1S/C21H23N3O2/c1-13(2)8-14(3)12-26-19-5-4-15(9-16(19)11-22)17-6-7-23-21-18(17)10-20(25)24-21/h4-7,9,13-14H,8,10,12H2,1-3H3,(H,23,24,25)/t14-/m1/s1. The summed E-state index contributed by atoms with van der Waals surface area (Å²) in [6.45, 7) is 7.14. The predicted octanol–water partition coefficient (Wildman–Crippen LogP) is 4.18. The normalized spacial score (nSPS) is 13.9. The summed E-state index contributed by atoms with van der Waals surface area (Å²) in [5.41, 5.74) is 3.19. The summed E-state index contributed by atoms with van der Waals surface area (Å²) in [5, 5.41) is 12.3. The van der Waals surface area contributed by atoms with Gasteiger partial charge in [0.2, 0.25) is 5.91 Å². The molecule has 0 radical (unpaired) electrons. The van der Waals surface area contributed by atoms with Gasteiger partial charge in [0.1, 0.15) is 17.6 Å². The monoisotopic (exact) mass is 349 g/mol. The number of benzene rings is 1. The quantitative estimate of drug-likeness (QED) is 0.849. The third kappa shape index (κ3) is 3.85. The Morgan fingerprint density at radius 1 is 1.31 bits per heavy atom. The minimum Gasteiger partial charge on any atom is -0.492 e. The van der Waals surface area contributed by atoms with E-state index in [2.05, 4.69) is 37.1 Å². The molecule has 134 valence electrons. The Balaban J connectivity index is 1.83. The molecule has 1 N–H and O–H groups in total. The van der Waals surface area contributed by atoms with Crippen LogP contribution in [0.15, 0.2) is 30.5 Å². The maximum atomic E-state index is 11.7. The fourth-order valence-corrected chi connectivity index (χ4v) is 3.40. The molecule has 26 heavy (non-hydrogen) atoms. The third-order valence-corrected chi connectivity index (χ3v) is 4.46. The number of fused-ring (bicyclic) bond motifs is 1. The molecular formula is C21H23N3O2. The Labute approximate surface area is 154 Å². The Morgan fingerprint density at radius 3 is 2.85 bits per heavy atom. The summed E-state index contributed by atoms with van der Waals surface area (Å²) < 4.78 is 5.89. The van der Waals surface area contributed by atoms with Gasteiger partial charge in [-0.25, -0.2) is 4.98 Å². The lowest BCUT2D eigenvalue weighted by atomic mass is 9.98. The van der Waals surface area contributed by atoms with Crippen molar-refractivity contribution in [2.24, 2.45) is 11.8 Å². The lowest BCUT2D eigenvalue weighted by Gasteiger charge is -2.16. The number of ether oxygens (including phenoxy) is 1. The van der Waals surface area contributed by atoms with Gasteiger partial charge in [-0.05, 0) is 47.6 Å². The highest BCUT2D eigenvalue weighted by Gasteiger charge is 2.23. The van der Waals surface area contributed by atoms with Crippen LogP contribution in [0.2, 0.25) is 0 Å². The Kier molecular flexibility index (Phi) is 5.22. The second-order valence-corrected chi connectivity index (χ2v) is 7.28. The molecule has 1 aliphatic heterocycles. The average molecular weight is 349 g/mol. The first kappa shape index (κ1) is 17.9. The number of aromatic nitrogens is 1. The van der Waals surface area contributed by atoms with Gasteiger partial charge < -0.3 is 10.1 Å². The molecule has 1 amide bonds. The average Bonchev–Trinajstić information content (AvgIpc) is 2.99. The second kappa shape index (κ2) is 7.57. The van der Waals surface area contributed by atoms with Crippen molar-refractivity contribution >= 4 is 11.7 Å². The molecule has 0 spiro atoms. The van der Waals surface area contributed by atoms with Crippen molar-refractivity contribution in [3.63, 3.8) is 0 Å². The molecular weight excluding hydrogens is 326 g/mol. The first-order valence-electron chi connectivity index (χ1n) is 8.93. The Bertz CT molecular complexity index is 868. The van der Waals surface area contributed by atoms with Crippen molar-refractivity contribution in [2.75, 3.05) is 11.9 Å². The summed E-state index contributed by atoms with van der Waals surface area (Å²) in [7, 11) is 0. The van der Waals surface area contributed by atoms with E-state index < -0.39 is 0 Å². The van der Waals surface area contributed by atoms with E-state index >= 15 is 0 Å². The topological polar surface area (TPSA) is 75.0 Å². The van der Waals surface area contributed by atoms with Crippen LogP contribution < -0.4 is 10.1 Å². The SMILES string of the molecule is CC(C)C[C@@H](C)COc1ccc(-c2ccnc3c2CC(=O)N3)cc1C#N. The van der Waals surface area contributed by atoms with E-state index in [1.54, 1.807) is 6.20 Å². The number of carbonyl (C=O) groups excluding carboxylic acids is 1. The molecule has 0 bridgehead atoms. The zero-order valence-corrected chi connectivity index (χ0v) is 15.4. The maximum Gasteiger partial charge on any atom is 0.230 e. The second-order valence-electron chi connectivity index (χ2n) is 7.28. The molecule has 0 unspecified atom stereocenters. The highest BCUT2D eigenvalue weighted by atomic mass is 16.5. The van der Waals surface area contributed by atoms with E-state index in [1.807, 2.05) is 24.3 Å². The van der Waals surface area contributed by atoms with E-state index in [9.17, 15) is 10.1 Å². The molecule has 5 nitrogen and oxygen atoms in total. The fraction of sp³-hybridized carbons (Fsp3) is 0.381. The van der Waals surface area contributed by atoms with Crippen molar-refractivity contribution in [3.8, 4) is 22.9 Å². The van der Waals surface area contributed by atoms with Gasteiger partial charge in [-0.1, -0.05) is 26.8 Å². The van der Waals surface area contributed by atoms with E-state index in [0.29, 0.717) is 42.0 Å². The highest BCUT2D eigenvalue weighted by molar-refractivity contribution is 6.00. The lowest BCUT2D eigenvalue weighted by molar-refractivity contribution is -0.115. The smallest absolute Gasteiger partial charge is 0.230 e. The molecule has 1 aromatic heterocycles. The van der Waals surface area contributed by atoms with Gasteiger partial charge >= 0.3 is 0 Å². The number of nitrogens with zero attached hydrogens (tertiary/aromatic N) is 2. The van der Waals surface area contributed by atoms with Gasteiger partial charge in [-0.3, -0.25) is 4.79 Å². The largest absolute Gasteiger partial charge is 0.492 e. The van der Waals surface area contributed by atoms with E-state index in [0.717, 1.165) is 23.1 Å². The van der Waals surface area contributed by atoms with Gasteiger partial charge in [0.15, 0.2) is 0 Å². The van der Waals surface area contributed by atoms with Crippen LogP contribution in [-0.2, 0) is 11.2 Å². The molecule has 3 rings (SSSR count). The zero-order valence-electron chi connectivity index (χ0n) is 15.4. The predicted molar refractivity (Wildman–Crippen MR) is 101 cm³/mol. The van der Waals surface area contributed by atoms with Crippen LogP contribution in [0.25, 0.3) is 11.1 Å². The summed E-state index contributed by atoms with van der Waals surface area (Å²) >= 11 is 0. The Hall–Kier alpha value is -2.87. The first-order valence-corrected chi connectivity index (χ1v) is 8.93. The number of nitriles is 1. The molecule has 0 saturated heterocycles. The molecule has 1 atom stereocenters. The summed E-state index contributed by atoms with van der Waals surface area (Å²) in [5.74, 6) is 2.21. The van der Waals surface area contributed by atoms with Crippen molar-refractivity contribution in [1.82, 2.24) is 4.98 Å². The van der Waals surface area contributed by atoms with Gasteiger partial charge in [-0.2, -0.15) is 5.26 Å². The van der Waals surface area contributed by atoms with Crippen LogP contribution in [0.5, 0.6) is 5.75 Å². The summed E-state index contributed by atoms with van der Waals surface area (Å²) in [6, 6.07) is 9.69. The number of anilines is 1. The molecule has 0 aliphatic carbocycles. The van der Waals surface area contributed by atoms with Crippen LogP contribution in [0.1, 0.15) is 38.3 Å². The van der Waals surface area contributed by atoms with Crippen molar-refractivity contribution in [2.45, 2.75) is 33.6 Å². The molecule has 2 heterocycles. The number of pyridine rings is 1. The van der Waals surface area contributed by atoms with Crippen LogP contribution in [0.3, 0.4) is 0 Å². The van der Waals surface area contributed by atoms with Crippen molar-refractivity contribution < 1.29 is 9.53 Å². The van der Waals surface area contributed by atoms with E-state index in [-0.39, 0.29) is 5.91 Å². The minimum atomic E-state index is -0.0560. The lowest BCUT2D eigenvalue weighted by Crippen LogP contribution is -2.11. The van der Waals surface area contributed by atoms with E-state index in [1.165, 1.54) is 0 Å². The molecule has 5 heteroatoms. The summed E-state index contributed by atoms with van der Waals surface area (Å²) in [6.07, 6.45) is 3.07. The molecule has 1 aliphatic rings. The van der Waals surface area contributed by atoms with Gasteiger partial charge in [0.05, 0.1) is 18.6 Å². The number of hydrogen-bond donors (Lipinski definition) is 1. The minimum absolute atomic E-state index is 0.0560. The molecule has 2 aromatic rings. The highest BCUT2D eigenvalue weighted by Crippen LogP contribution is 2.34. The van der Waals surface area contributed by atoms with Gasteiger partial charge in [-0.15, -0.1) is 0 Å². The fourth-order valence-electron chi connectivity index (χ4n) is 3.40. The number of hydrogen-bond acceptors (Lipinski definition) is 4. The van der Waals surface area contributed by atoms with Gasteiger partial charge in [0, 0.05) is 11.8 Å². The van der Waals surface area contributed by atoms with Crippen LogP contribution in [-0.4, -0.2) is 17.5 Å². The zero-order chi connectivity index (χ0) is 18.7. The number of rotatable bonds is 6. The third-order valence-electron chi connectivity index (χ3n) is 4.46. The number of carbonyl (C=O) groups is 1. The van der Waals surface area contributed by atoms with E-state index in [4.69, 9.17) is 4.74 Å². The van der Waals surface area contributed by atoms with Crippen molar-refractivity contribution in [3.05, 3.63) is 41.6 Å². The Morgan fingerprint density at radius 2 is 2.12 bits per heavy atom. The number of amides is 1.